The van der Waals surface area contributed by atoms with Crippen LogP contribution in [0.5, 0.6) is 0 Å². The van der Waals surface area contributed by atoms with Gasteiger partial charge < -0.3 is 5.32 Å². The lowest BCUT2D eigenvalue weighted by Gasteiger charge is -2.13. The average molecular weight is 491 g/mol. The number of hydrogen-bond acceptors (Lipinski definition) is 4. The third-order valence-corrected chi connectivity index (χ3v) is 6.44. The van der Waals surface area contributed by atoms with E-state index in [0.29, 0.717) is 38.2 Å². The van der Waals surface area contributed by atoms with Crippen molar-refractivity contribution in [3.8, 4) is 0 Å². The number of benzene rings is 2. The topological polar surface area (TPSA) is 61.8 Å². The maximum Gasteiger partial charge on any atom is 0.242 e. The summed E-state index contributed by atoms with van der Waals surface area (Å²) in [7, 11) is 0. The Balaban J connectivity index is 1.75. The van der Waals surface area contributed by atoms with Crippen molar-refractivity contribution in [1.29, 1.82) is 0 Å². The van der Waals surface area contributed by atoms with Crippen molar-refractivity contribution in [2.24, 2.45) is 4.99 Å². The molecule has 1 aliphatic rings. The summed E-state index contributed by atoms with van der Waals surface area (Å²) in [5, 5.41) is 4.08. The standard InChI is InChI=1S/C19H15Cl4N3O2S/c1-2-26-18(28)15(9-16(27)25-14-5-3-4-13(22)17(14)23)29-19(26)24-12-7-10(20)6-11(21)8-12/h3-8,15H,2,9H2,1H3,(H,25,27). The van der Waals surface area contributed by atoms with Crippen molar-refractivity contribution in [1.82, 2.24) is 4.90 Å². The van der Waals surface area contributed by atoms with Crippen molar-refractivity contribution in [3.05, 3.63) is 56.5 Å². The molecule has 1 fully saturated rings. The van der Waals surface area contributed by atoms with Crippen LogP contribution in [0.25, 0.3) is 0 Å². The molecule has 1 unspecified atom stereocenters. The molecule has 29 heavy (non-hydrogen) atoms. The monoisotopic (exact) mass is 489 g/mol. The number of thioether (sulfide) groups is 1. The molecule has 1 N–H and O–H groups in total. The zero-order valence-corrected chi connectivity index (χ0v) is 18.9. The summed E-state index contributed by atoms with van der Waals surface area (Å²) in [6.45, 7) is 2.27. The zero-order chi connectivity index (χ0) is 21.1. The van der Waals surface area contributed by atoms with Crippen molar-refractivity contribution in [2.45, 2.75) is 18.6 Å². The summed E-state index contributed by atoms with van der Waals surface area (Å²) >= 11 is 25.3. The summed E-state index contributed by atoms with van der Waals surface area (Å²) in [4.78, 5) is 31.2. The lowest BCUT2D eigenvalue weighted by atomic mass is 10.2. The summed E-state index contributed by atoms with van der Waals surface area (Å²) < 4.78 is 0. The first-order valence-electron chi connectivity index (χ1n) is 8.55. The minimum absolute atomic E-state index is 0.0296. The Morgan fingerprint density at radius 3 is 2.52 bits per heavy atom. The summed E-state index contributed by atoms with van der Waals surface area (Å²) in [5.74, 6) is -0.528. The molecule has 152 valence electrons. The Kier molecular flexibility index (Phi) is 7.35. The average Bonchev–Trinajstić information content (AvgIpc) is 2.92. The van der Waals surface area contributed by atoms with Crippen molar-refractivity contribution in [3.63, 3.8) is 0 Å². The van der Waals surface area contributed by atoms with Gasteiger partial charge in [0.15, 0.2) is 5.17 Å². The van der Waals surface area contributed by atoms with Gasteiger partial charge in [-0.25, -0.2) is 4.99 Å². The second-order valence-electron chi connectivity index (χ2n) is 6.06. The molecule has 1 atom stereocenters. The minimum atomic E-state index is -0.596. The van der Waals surface area contributed by atoms with E-state index in [9.17, 15) is 9.59 Å². The van der Waals surface area contributed by atoms with E-state index in [-0.39, 0.29) is 23.3 Å². The molecular formula is C19H15Cl4N3O2S. The molecular weight excluding hydrogens is 476 g/mol. The minimum Gasteiger partial charge on any atom is -0.325 e. The molecule has 0 spiro atoms. The van der Waals surface area contributed by atoms with Gasteiger partial charge in [-0.3, -0.25) is 14.5 Å². The van der Waals surface area contributed by atoms with E-state index in [1.807, 2.05) is 6.92 Å². The number of amidine groups is 1. The van der Waals surface area contributed by atoms with Gasteiger partial charge in [-0.2, -0.15) is 0 Å². The molecule has 5 nitrogen and oxygen atoms in total. The summed E-state index contributed by atoms with van der Waals surface area (Å²) in [5.41, 5.74) is 0.932. The fourth-order valence-electron chi connectivity index (χ4n) is 2.70. The highest BCUT2D eigenvalue weighted by molar-refractivity contribution is 8.15. The summed E-state index contributed by atoms with van der Waals surface area (Å²) in [6, 6.07) is 9.86. The van der Waals surface area contributed by atoms with Crippen LogP contribution in [0.4, 0.5) is 11.4 Å². The van der Waals surface area contributed by atoms with Crippen LogP contribution in [0.3, 0.4) is 0 Å². The highest BCUT2D eigenvalue weighted by Gasteiger charge is 2.38. The maximum absolute atomic E-state index is 12.7. The van der Waals surface area contributed by atoms with E-state index < -0.39 is 5.25 Å². The van der Waals surface area contributed by atoms with Gasteiger partial charge in [0.1, 0.15) is 5.25 Å². The number of rotatable bonds is 5. The second-order valence-corrected chi connectivity index (χ2v) is 8.89. The first-order chi connectivity index (χ1) is 13.8. The van der Waals surface area contributed by atoms with E-state index in [1.54, 1.807) is 36.4 Å². The molecule has 2 aromatic carbocycles. The molecule has 0 radical (unpaired) electrons. The number of carbonyl (C=O) groups is 2. The third-order valence-electron chi connectivity index (χ3n) is 4.00. The first kappa shape index (κ1) is 22.2. The van der Waals surface area contributed by atoms with Gasteiger partial charge in [0, 0.05) is 23.0 Å². The normalized spacial score (nSPS) is 17.8. The van der Waals surface area contributed by atoms with Crippen LogP contribution in [-0.2, 0) is 9.59 Å². The van der Waals surface area contributed by atoms with Crippen LogP contribution in [0, 0.1) is 0 Å². The van der Waals surface area contributed by atoms with Gasteiger partial charge in [0.05, 0.1) is 21.4 Å². The molecule has 2 amide bonds. The molecule has 1 aliphatic heterocycles. The highest BCUT2D eigenvalue weighted by atomic mass is 35.5. The Morgan fingerprint density at radius 2 is 1.86 bits per heavy atom. The molecule has 1 saturated heterocycles. The second kappa shape index (κ2) is 9.58. The van der Waals surface area contributed by atoms with E-state index in [4.69, 9.17) is 46.4 Å². The Labute approximate surface area is 192 Å². The van der Waals surface area contributed by atoms with Gasteiger partial charge in [-0.05, 0) is 37.3 Å². The van der Waals surface area contributed by atoms with E-state index in [1.165, 1.54) is 16.7 Å². The lowest BCUT2D eigenvalue weighted by molar-refractivity contribution is -0.128. The Hall–Kier alpha value is -1.44. The molecule has 0 aromatic heterocycles. The molecule has 3 rings (SSSR count). The molecule has 0 bridgehead atoms. The fourth-order valence-corrected chi connectivity index (χ4v) is 4.78. The third kappa shape index (κ3) is 5.38. The number of amides is 2. The Morgan fingerprint density at radius 1 is 1.17 bits per heavy atom. The number of anilines is 1. The van der Waals surface area contributed by atoms with Crippen molar-refractivity contribution in [2.75, 3.05) is 11.9 Å². The van der Waals surface area contributed by atoms with E-state index >= 15 is 0 Å². The van der Waals surface area contributed by atoms with Gasteiger partial charge in [-0.15, -0.1) is 0 Å². The van der Waals surface area contributed by atoms with Crippen LogP contribution in [-0.4, -0.2) is 33.7 Å². The number of hydrogen-bond donors (Lipinski definition) is 1. The molecule has 0 saturated carbocycles. The fraction of sp³-hybridized carbons (Fsp3) is 0.211. The van der Waals surface area contributed by atoms with Crippen LogP contribution in [0.1, 0.15) is 13.3 Å². The van der Waals surface area contributed by atoms with Crippen molar-refractivity contribution < 1.29 is 9.59 Å². The number of halogens is 4. The van der Waals surface area contributed by atoms with Crippen LogP contribution >= 0.6 is 58.2 Å². The van der Waals surface area contributed by atoms with E-state index in [0.717, 1.165) is 0 Å². The predicted molar refractivity (Wildman–Crippen MR) is 122 cm³/mol. The predicted octanol–water partition coefficient (Wildman–Crippen LogP) is 6.28. The van der Waals surface area contributed by atoms with Gasteiger partial charge in [0.25, 0.3) is 0 Å². The number of nitrogens with zero attached hydrogens (tertiary/aromatic N) is 2. The van der Waals surface area contributed by atoms with Gasteiger partial charge in [-0.1, -0.05) is 64.2 Å². The number of aliphatic imine (C=N–C) groups is 1. The van der Waals surface area contributed by atoms with E-state index in [2.05, 4.69) is 10.3 Å². The van der Waals surface area contributed by atoms with Gasteiger partial charge >= 0.3 is 0 Å². The molecule has 1 heterocycles. The maximum atomic E-state index is 12.7. The van der Waals surface area contributed by atoms with Crippen LogP contribution < -0.4 is 5.32 Å². The quantitative estimate of drug-likeness (QED) is 0.536. The lowest BCUT2D eigenvalue weighted by Crippen LogP contribution is -2.33. The van der Waals surface area contributed by atoms with Crippen molar-refractivity contribution >= 4 is 86.5 Å². The van der Waals surface area contributed by atoms with Crippen LogP contribution in [0.15, 0.2) is 41.4 Å². The highest BCUT2D eigenvalue weighted by Crippen LogP contribution is 2.34. The number of carbonyl (C=O) groups excluding carboxylic acids is 2. The summed E-state index contributed by atoms with van der Waals surface area (Å²) in [6.07, 6.45) is -0.0296. The SMILES string of the molecule is CCN1C(=O)C(CC(=O)Nc2cccc(Cl)c2Cl)SC1=Nc1cc(Cl)cc(Cl)c1. The molecule has 10 heteroatoms. The molecule has 2 aromatic rings. The molecule has 0 aliphatic carbocycles. The van der Waals surface area contributed by atoms with Crippen LogP contribution in [0.2, 0.25) is 20.1 Å². The largest absolute Gasteiger partial charge is 0.325 e. The number of nitrogens with one attached hydrogen (secondary N) is 1. The van der Waals surface area contributed by atoms with Gasteiger partial charge in [0.2, 0.25) is 11.8 Å². The zero-order valence-electron chi connectivity index (χ0n) is 15.1. The smallest absolute Gasteiger partial charge is 0.242 e. The Bertz CT molecular complexity index is 979. The first-order valence-corrected chi connectivity index (χ1v) is 10.9.